The third kappa shape index (κ3) is 6.10. The molecule has 0 amide bonds. The molecular formula is C53H39N3. The van der Waals surface area contributed by atoms with Gasteiger partial charge in [-0.05, 0) is 87.5 Å². The number of benzene rings is 7. The van der Waals surface area contributed by atoms with Crippen LogP contribution in [0.25, 0.3) is 61.7 Å². The highest BCUT2D eigenvalue weighted by atomic mass is 14.9. The number of fused-ring (bicyclic) bond motifs is 3. The lowest BCUT2D eigenvalue weighted by atomic mass is 9.67. The van der Waals surface area contributed by atoms with Gasteiger partial charge in [0.1, 0.15) is 0 Å². The van der Waals surface area contributed by atoms with Gasteiger partial charge in [0.05, 0.1) is 16.8 Å². The molecule has 0 saturated carbocycles. The zero-order valence-electron chi connectivity index (χ0n) is 31.2. The molecule has 0 saturated heterocycles. The Labute approximate surface area is 328 Å². The van der Waals surface area contributed by atoms with Crippen molar-refractivity contribution < 1.29 is 0 Å². The molecule has 9 rings (SSSR count). The fourth-order valence-corrected chi connectivity index (χ4v) is 8.27. The van der Waals surface area contributed by atoms with E-state index in [-0.39, 0.29) is 0 Å². The largest absolute Gasteiger partial charge is 0.272 e. The molecule has 3 heteroatoms. The average molecular weight is 718 g/mol. The Hall–Kier alpha value is -7.23. The number of nitrogens with zero attached hydrogens (tertiary/aromatic N) is 3. The second-order valence-corrected chi connectivity index (χ2v) is 14.0. The minimum atomic E-state index is -0.425. The maximum atomic E-state index is 5.15. The van der Waals surface area contributed by atoms with Gasteiger partial charge in [-0.1, -0.05) is 182 Å². The van der Waals surface area contributed by atoms with E-state index in [1.165, 1.54) is 33.4 Å². The predicted octanol–water partition coefficient (Wildman–Crippen LogP) is 13.1. The van der Waals surface area contributed by atoms with E-state index in [1.807, 2.05) is 37.3 Å². The van der Waals surface area contributed by atoms with Crippen LogP contribution in [0.3, 0.4) is 0 Å². The zero-order chi connectivity index (χ0) is 37.9. The van der Waals surface area contributed by atoms with Gasteiger partial charge < -0.3 is 0 Å². The Bertz CT molecular complexity index is 2710. The van der Waals surface area contributed by atoms with Gasteiger partial charge in [-0.15, -0.1) is 0 Å². The highest BCUT2D eigenvalue weighted by Crippen LogP contribution is 2.56. The third-order valence-electron chi connectivity index (χ3n) is 10.8. The fourth-order valence-electron chi connectivity index (χ4n) is 8.27. The lowest BCUT2D eigenvalue weighted by molar-refractivity contribution is 0.768. The van der Waals surface area contributed by atoms with Crippen LogP contribution in [0, 0.1) is 0 Å². The lowest BCUT2D eigenvalue weighted by Gasteiger charge is -2.33. The summed E-state index contributed by atoms with van der Waals surface area (Å²) in [5.74, 6) is 0.685. The highest BCUT2D eigenvalue weighted by Gasteiger charge is 2.45. The topological polar surface area (TPSA) is 38.1 Å². The van der Waals surface area contributed by atoms with E-state index in [0.717, 1.165) is 50.3 Å². The van der Waals surface area contributed by atoms with Gasteiger partial charge in [-0.2, -0.15) is 0 Å². The molecule has 0 unspecified atom stereocenters. The second-order valence-electron chi connectivity index (χ2n) is 14.0. The van der Waals surface area contributed by atoms with E-state index in [4.69, 9.17) is 9.97 Å². The molecule has 1 heterocycles. The molecule has 7 aromatic carbocycles. The molecule has 0 N–H and O–H groups in total. The molecule has 3 nitrogen and oxygen atoms in total. The first-order valence-electron chi connectivity index (χ1n) is 19.0. The van der Waals surface area contributed by atoms with Crippen LogP contribution >= 0.6 is 0 Å². The molecule has 0 radical (unpaired) electrons. The molecule has 1 aromatic heterocycles. The molecule has 0 atom stereocenters. The van der Waals surface area contributed by atoms with Crippen molar-refractivity contribution in [2.45, 2.75) is 12.3 Å². The van der Waals surface area contributed by atoms with Gasteiger partial charge in [0.2, 0.25) is 0 Å². The molecule has 56 heavy (non-hydrogen) atoms. The maximum Gasteiger partial charge on any atom is 0.160 e. The summed E-state index contributed by atoms with van der Waals surface area (Å²) in [7, 11) is 0. The molecule has 266 valence electrons. The van der Waals surface area contributed by atoms with Crippen LogP contribution in [0.4, 0.5) is 0 Å². The van der Waals surface area contributed by atoms with Crippen molar-refractivity contribution in [2.75, 3.05) is 0 Å². The van der Waals surface area contributed by atoms with Gasteiger partial charge in [0, 0.05) is 22.9 Å². The Kier molecular flexibility index (Phi) is 9.18. The van der Waals surface area contributed by atoms with Gasteiger partial charge >= 0.3 is 0 Å². The monoisotopic (exact) mass is 717 g/mol. The third-order valence-corrected chi connectivity index (χ3v) is 10.8. The molecule has 8 aromatic rings. The summed E-state index contributed by atoms with van der Waals surface area (Å²) < 4.78 is 0. The summed E-state index contributed by atoms with van der Waals surface area (Å²) in [4.78, 5) is 14.2. The molecular weight excluding hydrogens is 679 g/mol. The van der Waals surface area contributed by atoms with Crippen molar-refractivity contribution in [2.24, 2.45) is 4.99 Å². The molecule has 0 spiro atoms. The fraction of sp³-hybridized carbons (Fsp3) is 0.0377. The Morgan fingerprint density at radius 2 is 1.05 bits per heavy atom. The average Bonchev–Trinajstić information content (AvgIpc) is 3.57. The molecule has 1 aliphatic rings. The highest BCUT2D eigenvalue weighted by molar-refractivity contribution is 5.89. The van der Waals surface area contributed by atoms with Crippen LogP contribution in [0.15, 0.2) is 211 Å². The van der Waals surface area contributed by atoms with E-state index < -0.39 is 5.41 Å². The molecule has 0 fully saturated rings. The van der Waals surface area contributed by atoms with Gasteiger partial charge in [0.25, 0.3) is 0 Å². The van der Waals surface area contributed by atoms with E-state index in [0.29, 0.717) is 5.82 Å². The lowest BCUT2D eigenvalue weighted by Crippen LogP contribution is -2.28. The maximum absolute atomic E-state index is 5.15. The number of aromatic nitrogens is 2. The smallest absolute Gasteiger partial charge is 0.160 e. The first-order valence-corrected chi connectivity index (χ1v) is 19.0. The number of hydrogen-bond donors (Lipinski definition) is 0. The summed E-state index contributed by atoms with van der Waals surface area (Å²) in [5, 5.41) is 0. The second kappa shape index (κ2) is 14.9. The first kappa shape index (κ1) is 34.5. The standard InChI is InChI=1S/C53H39N3/c1-3-16-43(36-54-2)37-27-29-38(30-28-37)50-35-51(56-52(55-50)39-17-7-4-8-18-39)42-20-15-19-40(33-42)41-31-32-49-47(34-41)46-25-13-14-26-48(46)53(49,44-21-9-5-10-22-44)45-23-11-6-12-24-45/h3-36H,2H2,1H3/b16-3-,43-36+. The van der Waals surface area contributed by atoms with Crippen LogP contribution in [0.2, 0.25) is 0 Å². The zero-order valence-corrected chi connectivity index (χ0v) is 31.2. The molecule has 0 aliphatic heterocycles. The van der Waals surface area contributed by atoms with Crippen molar-refractivity contribution in [3.63, 3.8) is 0 Å². The SMILES string of the molecule is C=N/C=C(\C=C/C)c1ccc(-c2cc(-c3cccc(-c4ccc5c(c4)-c4ccccc4C5(c4ccccc4)c4ccccc4)c3)nc(-c3ccccc3)n2)cc1. The van der Waals surface area contributed by atoms with Crippen molar-refractivity contribution in [3.05, 3.63) is 234 Å². The van der Waals surface area contributed by atoms with Gasteiger partial charge in [0.15, 0.2) is 5.82 Å². The van der Waals surface area contributed by atoms with Crippen LogP contribution in [-0.2, 0) is 5.41 Å². The van der Waals surface area contributed by atoms with Crippen LogP contribution < -0.4 is 0 Å². The summed E-state index contributed by atoms with van der Waals surface area (Å²) in [5.41, 5.74) is 16.3. The van der Waals surface area contributed by atoms with Crippen LogP contribution in [0.1, 0.15) is 34.7 Å². The van der Waals surface area contributed by atoms with Crippen molar-refractivity contribution >= 4 is 12.3 Å². The summed E-state index contributed by atoms with van der Waals surface area (Å²) in [6.45, 7) is 5.65. The summed E-state index contributed by atoms with van der Waals surface area (Å²) >= 11 is 0. The van der Waals surface area contributed by atoms with Crippen LogP contribution in [0.5, 0.6) is 0 Å². The normalized spacial score (nSPS) is 13.0. The van der Waals surface area contributed by atoms with E-state index >= 15 is 0 Å². The van der Waals surface area contributed by atoms with E-state index in [2.05, 4.69) is 182 Å². The number of rotatable bonds is 9. The molecule has 1 aliphatic carbocycles. The minimum absolute atomic E-state index is 0.425. The van der Waals surface area contributed by atoms with Crippen LogP contribution in [-0.4, -0.2) is 16.7 Å². The minimum Gasteiger partial charge on any atom is -0.272 e. The van der Waals surface area contributed by atoms with Crippen molar-refractivity contribution in [1.82, 2.24) is 9.97 Å². The predicted molar refractivity (Wildman–Crippen MR) is 233 cm³/mol. The van der Waals surface area contributed by atoms with Crippen molar-refractivity contribution in [1.29, 1.82) is 0 Å². The summed E-state index contributed by atoms with van der Waals surface area (Å²) in [6.07, 6.45) is 5.82. The first-order chi connectivity index (χ1) is 27.7. The van der Waals surface area contributed by atoms with Gasteiger partial charge in [-0.25, -0.2) is 9.97 Å². The number of hydrogen-bond acceptors (Lipinski definition) is 3. The number of allylic oxidation sites excluding steroid dienone is 3. The van der Waals surface area contributed by atoms with E-state index in [9.17, 15) is 0 Å². The van der Waals surface area contributed by atoms with E-state index in [1.54, 1.807) is 6.20 Å². The Morgan fingerprint density at radius 3 is 1.73 bits per heavy atom. The summed E-state index contributed by atoms with van der Waals surface area (Å²) in [6, 6.07) is 67.2. The molecule has 0 bridgehead atoms. The van der Waals surface area contributed by atoms with Crippen molar-refractivity contribution in [3.8, 4) is 56.2 Å². The number of aliphatic imine (C=N–C) groups is 1. The quantitative estimate of drug-likeness (QED) is 0.110. The van der Waals surface area contributed by atoms with Gasteiger partial charge in [-0.3, -0.25) is 4.99 Å². The Balaban J connectivity index is 1.16. The Morgan fingerprint density at radius 1 is 0.500 bits per heavy atom.